The maximum atomic E-state index is 5.11. The van der Waals surface area contributed by atoms with Crippen molar-refractivity contribution in [1.29, 1.82) is 0 Å². The van der Waals surface area contributed by atoms with E-state index in [0.29, 0.717) is 0 Å². The van der Waals surface area contributed by atoms with Crippen molar-refractivity contribution in [1.82, 2.24) is 19.9 Å². The fraction of sp³-hybridized carbons (Fsp3) is 0. The van der Waals surface area contributed by atoms with Crippen LogP contribution in [0.2, 0.25) is 0 Å². The lowest BCUT2D eigenvalue weighted by Gasteiger charge is -2.10. The normalized spacial score (nSPS) is 11.6. The second kappa shape index (κ2) is 11.4. The van der Waals surface area contributed by atoms with Gasteiger partial charge in [-0.25, -0.2) is 15.0 Å². The Hall–Kier alpha value is -6.78. The van der Waals surface area contributed by atoms with Gasteiger partial charge in [0.1, 0.15) is 0 Å². The van der Waals surface area contributed by atoms with Gasteiger partial charge in [-0.3, -0.25) is 4.98 Å². The molecule has 10 aromatic rings. The van der Waals surface area contributed by atoms with Gasteiger partial charge in [-0.1, -0.05) is 121 Å². The monoisotopic (exact) mass is 636 g/mol. The molecule has 0 unspecified atom stereocenters. The van der Waals surface area contributed by atoms with E-state index in [1.807, 2.05) is 12.3 Å². The summed E-state index contributed by atoms with van der Waals surface area (Å²) in [6, 6.07) is 57.4. The lowest BCUT2D eigenvalue weighted by molar-refractivity contribution is 1.36. The molecule has 4 heteroatoms. The molecule has 0 aliphatic rings. The average Bonchev–Trinajstić information content (AvgIpc) is 3.19. The highest BCUT2D eigenvalue weighted by Gasteiger charge is 2.10. The molecule has 50 heavy (non-hydrogen) atoms. The maximum absolute atomic E-state index is 5.11. The number of aromatic nitrogens is 4. The van der Waals surface area contributed by atoms with E-state index in [1.54, 1.807) is 0 Å². The molecule has 0 spiro atoms. The standard InChI is InChI=1S/C46H28N4/c1-2-8-38-29(5-1)6-3-9-39(38)43-25-21-37-27-35(20-24-42(37)48-43)36-17-14-32-18-22-40(49-44(32)28-36)30-10-12-31(13-11-30)41-23-19-34-16-15-33-7-4-26-47-45(33)46(34)50-41/h1-28H. The van der Waals surface area contributed by atoms with Crippen molar-refractivity contribution in [2.45, 2.75) is 0 Å². The summed E-state index contributed by atoms with van der Waals surface area (Å²) in [6.07, 6.45) is 1.83. The summed E-state index contributed by atoms with van der Waals surface area (Å²) in [5.41, 5.74) is 12.2. The van der Waals surface area contributed by atoms with Gasteiger partial charge in [0, 0.05) is 44.4 Å². The fourth-order valence-corrected chi connectivity index (χ4v) is 7.06. The van der Waals surface area contributed by atoms with Crippen LogP contribution in [0.5, 0.6) is 0 Å². The van der Waals surface area contributed by atoms with Crippen molar-refractivity contribution in [2.24, 2.45) is 0 Å². The summed E-state index contributed by atoms with van der Waals surface area (Å²) in [5, 5.41) is 6.83. The smallest absolute Gasteiger partial charge is 0.0972 e. The molecule has 10 rings (SSSR count). The summed E-state index contributed by atoms with van der Waals surface area (Å²) >= 11 is 0. The highest BCUT2D eigenvalue weighted by atomic mass is 14.8. The Labute approximate surface area is 288 Å². The fourth-order valence-electron chi connectivity index (χ4n) is 7.06. The molecule has 0 saturated heterocycles. The summed E-state index contributed by atoms with van der Waals surface area (Å²) in [7, 11) is 0. The lowest BCUT2D eigenvalue weighted by atomic mass is 9.99. The van der Waals surface area contributed by atoms with Crippen LogP contribution in [0.3, 0.4) is 0 Å². The van der Waals surface area contributed by atoms with Gasteiger partial charge in [0.15, 0.2) is 0 Å². The Bertz CT molecular complexity index is 2920. The molecule has 0 amide bonds. The predicted molar refractivity (Wildman–Crippen MR) is 207 cm³/mol. The van der Waals surface area contributed by atoms with Crippen LogP contribution in [0, 0.1) is 0 Å². The van der Waals surface area contributed by atoms with Gasteiger partial charge in [-0.05, 0) is 64.4 Å². The molecule has 0 aliphatic carbocycles. The predicted octanol–water partition coefficient (Wildman–Crippen LogP) is 11.7. The number of pyridine rings is 4. The summed E-state index contributed by atoms with van der Waals surface area (Å²) in [6.45, 7) is 0. The molecule has 4 heterocycles. The second-order valence-corrected chi connectivity index (χ2v) is 12.7. The molecule has 6 aromatic carbocycles. The summed E-state index contributed by atoms with van der Waals surface area (Å²) in [4.78, 5) is 19.8. The minimum absolute atomic E-state index is 0.921. The zero-order valence-corrected chi connectivity index (χ0v) is 27.0. The molecule has 0 aliphatic heterocycles. The van der Waals surface area contributed by atoms with Gasteiger partial charge in [0.25, 0.3) is 0 Å². The van der Waals surface area contributed by atoms with Gasteiger partial charge in [0.05, 0.1) is 39.1 Å². The third kappa shape index (κ3) is 4.85. The van der Waals surface area contributed by atoms with Crippen molar-refractivity contribution in [2.75, 3.05) is 0 Å². The number of rotatable bonds is 4. The first-order valence-electron chi connectivity index (χ1n) is 16.8. The number of benzene rings is 6. The van der Waals surface area contributed by atoms with Crippen molar-refractivity contribution >= 4 is 54.4 Å². The second-order valence-electron chi connectivity index (χ2n) is 12.7. The molecule has 0 radical (unpaired) electrons. The average molecular weight is 637 g/mol. The van der Waals surface area contributed by atoms with E-state index in [4.69, 9.17) is 15.0 Å². The van der Waals surface area contributed by atoms with Crippen molar-refractivity contribution < 1.29 is 0 Å². The minimum atomic E-state index is 0.921. The van der Waals surface area contributed by atoms with E-state index in [-0.39, 0.29) is 0 Å². The van der Waals surface area contributed by atoms with E-state index in [2.05, 4.69) is 163 Å². The van der Waals surface area contributed by atoms with Crippen LogP contribution >= 0.6 is 0 Å². The molecular weight excluding hydrogens is 609 g/mol. The van der Waals surface area contributed by atoms with Crippen molar-refractivity contribution in [3.63, 3.8) is 0 Å². The van der Waals surface area contributed by atoms with Gasteiger partial charge in [-0.15, -0.1) is 0 Å². The van der Waals surface area contributed by atoms with Crippen LogP contribution in [-0.4, -0.2) is 19.9 Å². The van der Waals surface area contributed by atoms with E-state index in [1.165, 1.54) is 10.8 Å². The largest absolute Gasteiger partial charge is 0.254 e. The lowest BCUT2D eigenvalue weighted by Crippen LogP contribution is -1.90. The van der Waals surface area contributed by atoms with Crippen LogP contribution in [-0.2, 0) is 0 Å². The van der Waals surface area contributed by atoms with E-state index < -0.39 is 0 Å². The third-order valence-corrected chi connectivity index (χ3v) is 9.69. The highest BCUT2D eigenvalue weighted by Crippen LogP contribution is 2.33. The molecule has 0 N–H and O–H groups in total. The molecule has 0 saturated carbocycles. The van der Waals surface area contributed by atoms with Crippen LogP contribution in [0.25, 0.3) is 99.3 Å². The quantitative estimate of drug-likeness (QED) is 0.180. The Balaban J connectivity index is 0.954. The topological polar surface area (TPSA) is 51.6 Å². The Morgan fingerprint density at radius 1 is 0.320 bits per heavy atom. The molecule has 4 nitrogen and oxygen atoms in total. The van der Waals surface area contributed by atoms with Crippen LogP contribution in [0.4, 0.5) is 0 Å². The van der Waals surface area contributed by atoms with E-state index in [0.717, 1.165) is 88.5 Å². The van der Waals surface area contributed by atoms with E-state index in [9.17, 15) is 0 Å². The van der Waals surface area contributed by atoms with Crippen molar-refractivity contribution in [3.8, 4) is 44.9 Å². The van der Waals surface area contributed by atoms with Crippen molar-refractivity contribution in [3.05, 3.63) is 170 Å². The van der Waals surface area contributed by atoms with Crippen LogP contribution < -0.4 is 0 Å². The van der Waals surface area contributed by atoms with Gasteiger partial charge < -0.3 is 0 Å². The zero-order valence-electron chi connectivity index (χ0n) is 27.0. The van der Waals surface area contributed by atoms with Gasteiger partial charge in [-0.2, -0.15) is 0 Å². The molecule has 0 atom stereocenters. The number of fused-ring (bicyclic) bond motifs is 6. The Kier molecular flexibility index (Phi) is 6.46. The Morgan fingerprint density at radius 2 is 0.920 bits per heavy atom. The molecular formula is C46H28N4. The first kappa shape index (κ1) is 28.3. The minimum Gasteiger partial charge on any atom is -0.254 e. The summed E-state index contributed by atoms with van der Waals surface area (Å²) in [5.74, 6) is 0. The number of nitrogens with zero attached hydrogens (tertiary/aromatic N) is 4. The summed E-state index contributed by atoms with van der Waals surface area (Å²) < 4.78 is 0. The molecule has 232 valence electrons. The number of hydrogen-bond acceptors (Lipinski definition) is 4. The van der Waals surface area contributed by atoms with Crippen LogP contribution in [0.1, 0.15) is 0 Å². The Morgan fingerprint density at radius 3 is 1.80 bits per heavy atom. The maximum Gasteiger partial charge on any atom is 0.0972 e. The van der Waals surface area contributed by atoms with Gasteiger partial charge in [0.2, 0.25) is 0 Å². The molecule has 0 fully saturated rings. The van der Waals surface area contributed by atoms with Gasteiger partial charge >= 0.3 is 0 Å². The third-order valence-electron chi connectivity index (χ3n) is 9.69. The molecule has 0 bridgehead atoms. The zero-order chi connectivity index (χ0) is 33.0. The molecule has 4 aromatic heterocycles. The number of hydrogen-bond donors (Lipinski definition) is 0. The highest BCUT2D eigenvalue weighted by molar-refractivity contribution is 6.03. The first-order chi connectivity index (χ1) is 24.7. The first-order valence-corrected chi connectivity index (χ1v) is 16.8. The SMILES string of the molecule is c1ccc2c(-c3ccc4cc(-c5ccc6ccc(-c7ccc(-c8ccc9ccc%10cccnc%10c9n8)cc7)nc6c5)ccc4n3)cccc2c1. The van der Waals surface area contributed by atoms with Crippen LogP contribution in [0.15, 0.2) is 170 Å². The van der Waals surface area contributed by atoms with E-state index >= 15 is 0 Å².